The van der Waals surface area contributed by atoms with Crippen molar-refractivity contribution in [3.8, 4) is 11.1 Å². The second-order valence-corrected chi connectivity index (χ2v) is 4.52. The van der Waals surface area contributed by atoms with Crippen LogP contribution in [0, 0.1) is 13.8 Å². The van der Waals surface area contributed by atoms with Crippen molar-refractivity contribution in [1.29, 1.82) is 0 Å². The Morgan fingerprint density at radius 1 is 1.17 bits per heavy atom. The Morgan fingerprint density at radius 3 is 2.83 bits per heavy atom. The Hall–Kier alpha value is -2.36. The molecular formula is C14H14N4. The van der Waals surface area contributed by atoms with E-state index in [0.29, 0.717) is 0 Å². The molecule has 0 atom stereocenters. The number of hydrogen-bond donors (Lipinski definition) is 2. The van der Waals surface area contributed by atoms with Crippen molar-refractivity contribution >= 4 is 16.7 Å². The molecule has 3 aromatic rings. The van der Waals surface area contributed by atoms with Crippen molar-refractivity contribution in [3.63, 3.8) is 0 Å². The number of anilines is 1. The van der Waals surface area contributed by atoms with E-state index >= 15 is 0 Å². The van der Waals surface area contributed by atoms with Crippen molar-refractivity contribution in [3.05, 3.63) is 41.7 Å². The van der Waals surface area contributed by atoms with Crippen LogP contribution in [0.1, 0.15) is 11.3 Å². The van der Waals surface area contributed by atoms with Crippen molar-refractivity contribution in [2.24, 2.45) is 0 Å². The molecule has 2 aromatic heterocycles. The van der Waals surface area contributed by atoms with Gasteiger partial charge in [-0.25, -0.2) is 4.98 Å². The van der Waals surface area contributed by atoms with Crippen LogP contribution in [-0.4, -0.2) is 15.2 Å². The van der Waals surface area contributed by atoms with Gasteiger partial charge in [0.05, 0.1) is 0 Å². The van der Waals surface area contributed by atoms with Gasteiger partial charge in [-0.2, -0.15) is 5.10 Å². The quantitative estimate of drug-likeness (QED) is 0.640. The van der Waals surface area contributed by atoms with E-state index in [0.717, 1.165) is 33.5 Å². The van der Waals surface area contributed by atoms with Crippen LogP contribution >= 0.6 is 0 Å². The molecule has 0 radical (unpaired) electrons. The van der Waals surface area contributed by atoms with Gasteiger partial charge >= 0.3 is 0 Å². The largest absolute Gasteiger partial charge is 0.399 e. The fourth-order valence-corrected chi connectivity index (χ4v) is 2.12. The predicted octanol–water partition coefficient (Wildman–Crippen LogP) is 2.82. The van der Waals surface area contributed by atoms with Crippen LogP contribution in [0.2, 0.25) is 0 Å². The first kappa shape index (κ1) is 10.8. The number of fused-ring (bicyclic) bond motifs is 1. The second-order valence-electron chi connectivity index (χ2n) is 4.52. The molecule has 0 amide bonds. The Balaban J connectivity index is 2.24. The molecule has 0 spiro atoms. The lowest BCUT2D eigenvalue weighted by atomic mass is 10.0. The second kappa shape index (κ2) is 3.84. The molecular weight excluding hydrogens is 224 g/mol. The minimum atomic E-state index is 0.748. The molecule has 4 heteroatoms. The van der Waals surface area contributed by atoms with E-state index < -0.39 is 0 Å². The highest BCUT2D eigenvalue weighted by atomic mass is 15.1. The van der Waals surface area contributed by atoms with Crippen molar-refractivity contribution < 1.29 is 0 Å². The van der Waals surface area contributed by atoms with E-state index in [4.69, 9.17) is 5.73 Å². The van der Waals surface area contributed by atoms with Gasteiger partial charge in [0.25, 0.3) is 0 Å². The first-order valence-electron chi connectivity index (χ1n) is 5.82. The number of aryl methyl sites for hydroxylation is 2. The van der Waals surface area contributed by atoms with Gasteiger partial charge in [-0.3, -0.25) is 5.10 Å². The number of nitrogens with two attached hydrogens (primary N) is 1. The number of hydrogen-bond acceptors (Lipinski definition) is 3. The average Bonchev–Trinajstić information content (AvgIpc) is 2.74. The average molecular weight is 238 g/mol. The summed E-state index contributed by atoms with van der Waals surface area (Å²) in [6.45, 7) is 4.06. The molecule has 0 unspecified atom stereocenters. The van der Waals surface area contributed by atoms with Crippen LogP contribution < -0.4 is 5.73 Å². The molecule has 90 valence electrons. The zero-order chi connectivity index (χ0) is 12.7. The molecule has 0 aliphatic heterocycles. The summed E-state index contributed by atoms with van der Waals surface area (Å²) in [5, 5.41) is 8.13. The maximum Gasteiger partial charge on any atom is 0.181 e. The van der Waals surface area contributed by atoms with E-state index in [2.05, 4.69) is 28.2 Å². The highest BCUT2D eigenvalue weighted by molar-refractivity contribution is 5.84. The summed E-state index contributed by atoms with van der Waals surface area (Å²) < 4.78 is 0. The van der Waals surface area contributed by atoms with E-state index in [1.54, 1.807) is 0 Å². The third kappa shape index (κ3) is 1.62. The lowest BCUT2D eigenvalue weighted by Crippen LogP contribution is -1.90. The number of aromatic nitrogens is 3. The normalized spacial score (nSPS) is 11.0. The highest BCUT2D eigenvalue weighted by Crippen LogP contribution is 2.27. The number of nitrogens with one attached hydrogen (secondary N) is 1. The van der Waals surface area contributed by atoms with Gasteiger partial charge in [-0.1, -0.05) is 6.07 Å². The zero-order valence-corrected chi connectivity index (χ0v) is 10.4. The Bertz CT molecular complexity index is 728. The lowest BCUT2D eigenvalue weighted by molar-refractivity contribution is 1.05. The van der Waals surface area contributed by atoms with Gasteiger partial charge in [0, 0.05) is 28.5 Å². The number of pyridine rings is 1. The van der Waals surface area contributed by atoms with Crippen LogP contribution in [0.25, 0.3) is 22.2 Å². The molecule has 1 aromatic carbocycles. The number of benzene rings is 1. The summed E-state index contributed by atoms with van der Waals surface area (Å²) in [5.74, 6) is 0. The summed E-state index contributed by atoms with van der Waals surface area (Å²) in [4.78, 5) is 4.37. The maximum absolute atomic E-state index is 5.85. The molecule has 0 aliphatic carbocycles. The first-order chi connectivity index (χ1) is 8.65. The van der Waals surface area contributed by atoms with Gasteiger partial charge in [-0.05, 0) is 43.2 Å². The third-order valence-electron chi connectivity index (χ3n) is 3.17. The van der Waals surface area contributed by atoms with Gasteiger partial charge in [0.2, 0.25) is 0 Å². The van der Waals surface area contributed by atoms with Crippen LogP contribution in [-0.2, 0) is 0 Å². The van der Waals surface area contributed by atoms with Crippen molar-refractivity contribution in [2.75, 3.05) is 5.73 Å². The third-order valence-corrected chi connectivity index (χ3v) is 3.17. The van der Waals surface area contributed by atoms with Crippen LogP contribution in [0.15, 0.2) is 30.5 Å². The summed E-state index contributed by atoms with van der Waals surface area (Å²) in [6.07, 6.45) is 1.84. The molecule has 4 nitrogen and oxygen atoms in total. The van der Waals surface area contributed by atoms with Crippen molar-refractivity contribution in [1.82, 2.24) is 15.2 Å². The predicted molar refractivity (Wildman–Crippen MR) is 73.2 cm³/mol. The Labute approximate surface area is 105 Å². The molecule has 0 aliphatic rings. The number of nitrogens with zero attached hydrogens (tertiary/aromatic N) is 2. The number of rotatable bonds is 1. The minimum Gasteiger partial charge on any atom is -0.399 e. The maximum atomic E-state index is 5.85. The van der Waals surface area contributed by atoms with E-state index in [1.165, 1.54) is 5.56 Å². The van der Waals surface area contributed by atoms with Crippen molar-refractivity contribution in [2.45, 2.75) is 13.8 Å². The van der Waals surface area contributed by atoms with Crippen LogP contribution in [0.3, 0.4) is 0 Å². The van der Waals surface area contributed by atoms with Gasteiger partial charge in [0.15, 0.2) is 5.65 Å². The smallest absolute Gasteiger partial charge is 0.181 e. The summed E-state index contributed by atoms with van der Waals surface area (Å²) >= 11 is 0. The fraction of sp³-hybridized carbons (Fsp3) is 0.143. The Kier molecular flexibility index (Phi) is 2.30. The zero-order valence-electron chi connectivity index (χ0n) is 10.4. The summed E-state index contributed by atoms with van der Waals surface area (Å²) in [7, 11) is 0. The highest BCUT2D eigenvalue weighted by Gasteiger charge is 2.07. The lowest BCUT2D eigenvalue weighted by Gasteiger charge is -2.07. The molecule has 2 heterocycles. The fourth-order valence-electron chi connectivity index (χ4n) is 2.12. The summed E-state index contributed by atoms with van der Waals surface area (Å²) in [5.41, 5.74) is 11.8. The van der Waals surface area contributed by atoms with Gasteiger partial charge < -0.3 is 5.73 Å². The molecule has 18 heavy (non-hydrogen) atoms. The molecule has 3 N–H and O–H groups in total. The van der Waals surface area contributed by atoms with Crippen LogP contribution in [0.5, 0.6) is 0 Å². The Morgan fingerprint density at radius 2 is 2.00 bits per heavy atom. The summed E-state index contributed by atoms with van der Waals surface area (Å²) in [6, 6.07) is 8.02. The first-order valence-corrected chi connectivity index (χ1v) is 5.82. The minimum absolute atomic E-state index is 0.748. The SMILES string of the molecule is Cc1ccc(N)cc1-c1cnc2n[nH]c(C)c2c1. The van der Waals surface area contributed by atoms with Gasteiger partial charge in [0.1, 0.15) is 0 Å². The molecule has 0 saturated carbocycles. The monoisotopic (exact) mass is 238 g/mol. The van der Waals surface area contributed by atoms with E-state index in [-0.39, 0.29) is 0 Å². The van der Waals surface area contributed by atoms with E-state index in [1.807, 2.05) is 31.3 Å². The number of aromatic amines is 1. The molecule has 3 rings (SSSR count). The molecule has 0 bridgehead atoms. The van der Waals surface area contributed by atoms with E-state index in [9.17, 15) is 0 Å². The number of H-pyrrole nitrogens is 1. The van der Waals surface area contributed by atoms with Crippen LogP contribution in [0.4, 0.5) is 5.69 Å². The standard InChI is InChI=1S/C14H14N4/c1-8-3-4-11(15)6-12(8)10-5-13-9(2)17-18-14(13)16-7-10/h3-7H,15H2,1-2H3,(H,16,17,18). The molecule has 0 fully saturated rings. The molecule has 0 saturated heterocycles. The number of nitrogen functional groups attached to an aromatic ring is 1. The topological polar surface area (TPSA) is 67.6 Å². The van der Waals surface area contributed by atoms with Gasteiger partial charge in [-0.15, -0.1) is 0 Å².